The van der Waals surface area contributed by atoms with Crippen LogP contribution in [-0.2, 0) is 0 Å². The fraction of sp³-hybridized carbons (Fsp3) is 0.500. The number of aromatic hydroxyl groups is 1. The van der Waals surface area contributed by atoms with E-state index in [1.807, 2.05) is 0 Å². The molecule has 0 saturated heterocycles. The minimum absolute atomic E-state index is 0.00963. The molecule has 0 radical (unpaired) electrons. The second kappa shape index (κ2) is 6.70. The van der Waals surface area contributed by atoms with Crippen LogP contribution in [0.3, 0.4) is 0 Å². The van der Waals surface area contributed by atoms with E-state index in [-0.39, 0.29) is 17.5 Å². The number of rotatable bonds is 6. The zero-order valence-corrected chi connectivity index (χ0v) is 11.8. The molecule has 18 heavy (non-hydrogen) atoms. The lowest BCUT2D eigenvalue weighted by Gasteiger charge is -2.14. The number of nitrogens with zero attached hydrogens (tertiary/aromatic N) is 1. The van der Waals surface area contributed by atoms with Crippen molar-refractivity contribution in [3.05, 3.63) is 32.3 Å². The van der Waals surface area contributed by atoms with Gasteiger partial charge in [0.1, 0.15) is 5.75 Å². The van der Waals surface area contributed by atoms with E-state index >= 15 is 0 Å². The molecule has 0 aliphatic rings. The Kier molecular flexibility index (Phi) is 5.55. The van der Waals surface area contributed by atoms with Gasteiger partial charge in [0.25, 0.3) is 5.69 Å². The minimum atomic E-state index is -0.494. The zero-order valence-electron chi connectivity index (χ0n) is 10.2. The first kappa shape index (κ1) is 14.9. The summed E-state index contributed by atoms with van der Waals surface area (Å²) >= 11 is 3.11. The SMILES string of the molecule is CCCCC[C@H](N)c1cc([N+](=O)[O-])cc(Br)c1O. The maximum atomic E-state index is 10.8. The summed E-state index contributed by atoms with van der Waals surface area (Å²) in [5.41, 5.74) is 6.33. The van der Waals surface area contributed by atoms with Crippen LogP contribution in [0, 0.1) is 10.1 Å². The van der Waals surface area contributed by atoms with Crippen molar-refractivity contribution in [3.63, 3.8) is 0 Å². The van der Waals surface area contributed by atoms with Crippen LogP contribution in [0.2, 0.25) is 0 Å². The third kappa shape index (κ3) is 3.68. The molecule has 0 aromatic heterocycles. The molecule has 1 aromatic rings. The Bertz CT molecular complexity index is 438. The predicted octanol–water partition coefficient (Wildman–Crippen LogP) is 3.64. The monoisotopic (exact) mass is 316 g/mol. The predicted molar refractivity (Wildman–Crippen MR) is 73.5 cm³/mol. The van der Waals surface area contributed by atoms with Gasteiger partial charge in [0.05, 0.1) is 9.40 Å². The summed E-state index contributed by atoms with van der Waals surface area (Å²) in [5, 5.41) is 20.6. The molecule has 1 rings (SSSR count). The highest BCUT2D eigenvalue weighted by atomic mass is 79.9. The highest BCUT2D eigenvalue weighted by Crippen LogP contribution is 2.36. The smallest absolute Gasteiger partial charge is 0.271 e. The molecular weight excluding hydrogens is 300 g/mol. The first-order valence-corrected chi connectivity index (χ1v) is 6.69. The molecule has 0 spiro atoms. The molecule has 100 valence electrons. The number of hydrogen-bond acceptors (Lipinski definition) is 4. The van der Waals surface area contributed by atoms with Crippen LogP contribution >= 0.6 is 15.9 Å². The van der Waals surface area contributed by atoms with Gasteiger partial charge in [-0.05, 0) is 22.4 Å². The highest BCUT2D eigenvalue weighted by Gasteiger charge is 2.19. The second-order valence-corrected chi connectivity index (χ2v) is 5.08. The van der Waals surface area contributed by atoms with Crippen molar-refractivity contribution >= 4 is 21.6 Å². The van der Waals surface area contributed by atoms with Crippen LogP contribution in [0.25, 0.3) is 0 Å². The van der Waals surface area contributed by atoms with Crippen LogP contribution in [0.1, 0.15) is 44.2 Å². The minimum Gasteiger partial charge on any atom is -0.506 e. The van der Waals surface area contributed by atoms with E-state index < -0.39 is 4.92 Å². The quantitative estimate of drug-likeness (QED) is 0.476. The van der Waals surface area contributed by atoms with Gasteiger partial charge in [-0.15, -0.1) is 0 Å². The van der Waals surface area contributed by atoms with E-state index in [0.29, 0.717) is 16.5 Å². The number of phenolic OH excluding ortho intramolecular Hbond substituents is 1. The van der Waals surface area contributed by atoms with Crippen molar-refractivity contribution in [3.8, 4) is 5.75 Å². The summed E-state index contributed by atoms with van der Waals surface area (Å²) in [4.78, 5) is 10.3. The maximum absolute atomic E-state index is 10.8. The Hall–Kier alpha value is -1.14. The third-order valence-corrected chi connectivity index (χ3v) is 3.41. The van der Waals surface area contributed by atoms with Crippen LogP contribution in [-0.4, -0.2) is 10.0 Å². The number of phenols is 1. The number of hydrogen-bond donors (Lipinski definition) is 2. The molecule has 1 atom stereocenters. The van der Waals surface area contributed by atoms with E-state index in [1.54, 1.807) is 0 Å². The van der Waals surface area contributed by atoms with Gasteiger partial charge < -0.3 is 10.8 Å². The normalized spacial score (nSPS) is 12.4. The third-order valence-electron chi connectivity index (χ3n) is 2.81. The number of nitrogens with two attached hydrogens (primary N) is 1. The molecule has 0 aliphatic heterocycles. The number of nitro groups is 1. The van der Waals surface area contributed by atoms with Crippen molar-refractivity contribution in [2.45, 2.75) is 38.6 Å². The van der Waals surface area contributed by atoms with E-state index in [2.05, 4.69) is 22.9 Å². The Morgan fingerprint density at radius 2 is 2.17 bits per heavy atom. The lowest BCUT2D eigenvalue weighted by Crippen LogP contribution is -2.11. The first-order valence-electron chi connectivity index (χ1n) is 5.89. The van der Waals surface area contributed by atoms with Gasteiger partial charge in [0.2, 0.25) is 0 Å². The lowest BCUT2D eigenvalue weighted by atomic mass is 10.00. The Labute approximate surface area is 114 Å². The fourth-order valence-corrected chi connectivity index (χ4v) is 2.23. The fourth-order valence-electron chi connectivity index (χ4n) is 1.76. The molecular formula is C12H17BrN2O3. The first-order chi connectivity index (χ1) is 8.47. The van der Waals surface area contributed by atoms with Crippen LogP contribution < -0.4 is 5.73 Å². The average Bonchev–Trinajstić information content (AvgIpc) is 2.32. The maximum Gasteiger partial charge on any atom is 0.271 e. The molecule has 5 nitrogen and oxygen atoms in total. The topological polar surface area (TPSA) is 89.4 Å². The Morgan fingerprint density at radius 1 is 1.50 bits per heavy atom. The van der Waals surface area contributed by atoms with Gasteiger partial charge in [-0.1, -0.05) is 26.2 Å². The second-order valence-electron chi connectivity index (χ2n) is 4.22. The molecule has 0 bridgehead atoms. The highest BCUT2D eigenvalue weighted by molar-refractivity contribution is 9.10. The molecule has 0 heterocycles. The van der Waals surface area contributed by atoms with Crippen molar-refractivity contribution in [1.29, 1.82) is 0 Å². The standard InChI is InChI=1S/C12H17BrN2O3/c1-2-3-4-5-11(14)9-6-8(15(17)18)7-10(13)12(9)16/h6-7,11,16H,2-5,14H2,1H3/t11-/m0/s1. The summed E-state index contributed by atoms with van der Waals surface area (Å²) in [6.45, 7) is 2.09. The molecule has 0 saturated carbocycles. The van der Waals surface area contributed by atoms with Gasteiger partial charge in [0.15, 0.2) is 0 Å². The van der Waals surface area contributed by atoms with Crippen molar-refractivity contribution in [2.75, 3.05) is 0 Å². The molecule has 6 heteroatoms. The summed E-state index contributed by atoms with van der Waals surface area (Å²) in [7, 11) is 0. The number of nitro benzene ring substituents is 1. The van der Waals surface area contributed by atoms with E-state index in [0.717, 1.165) is 19.3 Å². The summed E-state index contributed by atoms with van der Waals surface area (Å²) in [6, 6.07) is 2.24. The van der Waals surface area contributed by atoms with Crippen LogP contribution in [0.4, 0.5) is 5.69 Å². The number of unbranched alkanes of at least 4 members (excludes halogenated alkanes) is 2. The van der Waals surface area contributed by atoms with Crippen molar-refractivity contribution in [1.82, 2.24) is 0 Å². The molecule has 0 unspecified atom stereocenters. The van der Waals surface area contributed by atoms with Gasteiger partial charge >= 0.3 is 0 Å². The number of halogens is 1. The molecule has 0 aliphatic carbocycles. The van der Waals surface area contributed by atoms with Crippen molar-refractivity contribution in [2.24, 2.45) is 5.73 Å². The Balaban J connectivity index is 2.95. The number of benzene rings is 1. The van der Waals surface area contributed by atoms with E-state index in [4.69, 9.17) is 5.73 Å². The lowest BCUT2D eigenvalue weighted by molar-refractivity contribution is -0.385. The van der Waals surface area contributed by atoms with Crippen LogP contribution in [0.5, 0.6) is 5.75 Å². The zero-order chi connectivity index (χ0) is 13.7. The van der Waals surface area contributed by atoms with Gasteiger partial charge in [-0.3, -0.25) is 10.1 Å². The Morgan fingerprint density at radius 3 is 2.72 bits per heavy atom. The largest absolute Gasteiger partial charge is 0.506 e. The van der Waals surface area contributed by atoms with Gasteiger partial charge in [-0.2, -0.15) is 0 Å². The van der Waals surface area contributed by atoms with E-state index in [9.17, 15) is 15.2 Å². The average molecular weight is 317 g/mol. The summed E-state index contributed by atoms with van der Waals surface area (Å²) < 4.78 is 0.303. The van der Waals surface area contributed by atoms with Gasteiger partial charge in [-0.25, -0.2) is 0 Å². The van der Waals surface area contributed by atoms with E-state index in [1.165, 1.54) is 12.1 Å². The number of non-ortho nitro benzene ring substituents is 1. The van der Waals surface area contributed by atoms with Crippen LogP contribution in [0.15, 0.2) is 16.6 Å². The molecule has 1 aromatic carbocycles. The molecule has 0 fully saturated rings. The summed E-state index contributed by atoms with van der Waals surface area (Å²) in [5.74, 6) is -0.00963. The molecule has 3 N–H and O–H groups in total. The van der Waals surface area contributed by atoms with Crippen molar-refractivity contribution < 1.29 is 10.0 Å². The molecule has 0 amide bonds. The summed E-state index contributed by atoms with van der Waals surface area (Å²) in [6.07, 6.45) is 3.79. The van der Waals surface area contributed by atoms with Gasteiger partial charge in [0, 0.05) is 23.7 Å².